The molecule has 6 heteroatoms. The Morgan fingerprint density at radius 1 is 1.15 bits per heavy atom. The standard InChI is InChI=1S/C27H33N3O3/c1-16-9-10-21(18(3)13-16)30-25(31)23-14-24-22(11-12-33-24)29(23)15-27(30,5)26(32)28-20-8-6-7-17(2)19(20)4/h9-14,17,19-20H,6-8,15H2,1-5H3,(H,28,32)/t17-,19-,20+,27+/m0/s1. The van der Waals surface area contributed by atoms with Crippen molar-refractivity contribution in [2.24, 2.45) is 11.8 Å². The Labute approximate surface area is 194 Å². The lowest BCUT2D eigenvalue weighted by molar-refractivity contribution is -0.128. The maximum Gasteiger partial charge on any atom is 0.276 e. The molecular weight excluding hydrogens is 414 g/mol. The summed E-state index contributed by atoms with van der Waals surface area (Å²) < 4.78 is 7.52. The molecule has 0 unspecified atom stereocenters. The van der Waals surface area contributed by atoms with Gasteiger partial charge in [-0.2, -0.15) is 0 Å². The van der Waals surface area contributed by atoms with Gasteiger partial charge in [-0.1, -0.05) is 44.4 Å². The first-order chi connectivity index (χ1) is 15.7. The van der Waals surface area contributed by atoms with E-state index in [0.717, 1.165) is 35.2 Å². The number of carbonyl (C=O) groups excluding carboxylic acids is 2. The van der Waals surface area contributed by atoms with Crippen molar-refractivity contribution < 1.29 is 14.0 Å². The van der Waals surface area contributed by atoms with E-state index < -0.39 is 5.54 Å². The van der Waals surface area contributed by atoms with Crippen molar-refractivity contribution in [3.63, 3.8) is 0 Å². The summed E-state index contributed by atoms with van der Waals surface area (Å²) >= 11 is 0. The van der Waals surface area contributed by atoms with Gasteiger partial charge in [-0.05, 0) is 50.7 Å². The molecule has 0 saturated heterocycles. The third kappa shape index (κ3) is 3.38. The van der Waals surface area contributed by atoms with E-state index in [1.54, 1.807) is 17.2 Å². The maximum atomic E-state index is 14.0. The average molecular weight is 448 g/mol. The number of amides is 2. The fourth-order valence-corrected chi connectivity index (χ4v) is 5.76. The quantitative estimate of drug-likeness (QED) is 0.599. The molecule has 33 heavy (non-hydrogen) atoms. The third-order valence-electron chi connectivity index (χ3n) is 8.01. The molecule has 5 rings (SSSR count). The van der Waals surface area contributed by atoms with E-state index in [0.29, 0.717) is 29.7 Å². The molecule has 3 heterocycles. The fourth-order valence-electron chi connectivity index (χ4n) is 5.76. The molecule has 1 aromatic carbocycles. The highest BCUT2D eigenvalue weighted by molar-refractivity contribution is 6.14. The summed E-state index contributed by atoms with van der Waals surface area (Å²) in [7, 11) is 0. The Morgan fingerprint density at radius 3 is 2.70 bits per heavy atom. The summed E-state index contributed by atoms with van der Waals surface area (Å²) in [5, 5.41) is 3.36. The van der Waals surface area contributed by atoms with Gasteiger partial charge in [0, 0.05) is 23.9 Å². The number of aromatic nitrogens is 1. The molecule has 174 valence electrons. The minimum atomic E-state index is -1.08. The summed E-state index contributed by atoms with van der Waals surface area (Å²) in [6, 6.07) is 9.79. The molecule has 6 nitrogen and oxygen atoms in total. The van der Waals surface area contributed by atoms with Gasteiger partial charge in [0.25, 0.3) is 5.91 Å². The number of nitrogens with one attached hydrogen (secondary N) is 1. The monoisotopic (exact) mass is 447 g/mol. The van der Waals surface area contributed by atoms with Crippen molar-refractivity contribution >= 4 is 28.6 Å². The highest BCUT2D eigenvalue weighted by atomic mass is 16.3. The zero-order chi connectivity index (χ0) is 23.5. The number of rotatable bonds is 3. The van der Waals surface area contributed by atoms with E-state index in [1.807, 2.05) is 43.5 Å². The molecule has 4 atom stereocenters. The van der Waals surface area contributed by atoms with Crippen molar-refractivity contribution in [1.29, 1.82) is 0 Å². The zero-order valence-electron chi connectivity index (χ0n) is 20.1. The normalized spacial score (nSPS) is 27.6. The SMILES string of the molecule is Cc1ccc(N2C(=O)c3cc4occc4n3C[C@]2(C)C(=O)N[C@@H]2CCC[C@H](C)[C@@H]2C)c(C)c1. The first-order valence-electron chi connectivity index (χ1n) is 12.0. The molecule has 0 radical (unpaired) electrons. The summed E-state index contributed by atoms with van der Waals surface area (Å²) in [6.07, 6.45) is 4.92. The summed E-state index contributed by atoms with van der Waals surface area (Å²) in [6.45, 7) is 10.8. The van der Waals surface area contributed by atoms with Crippen LogP contribution in [0.15, 0.2) is 41.0 Å². The van der Waals surface area contributed by atoms with Gasteiger partial charge in [0.2, 0.25) is 5.91 Å². The Morgan fingerprint density at radius 2 is 1.94 bits per heavy atom. The van der Waals surface area contributed by atoms with E-state index in [1.165, 1.54) is 6.42 Å². The van der Waals surface area contributed by atoms with E-state index in [-0.39, 0.29) is 17.9 Å². The van der Waals surface area contributed by atoms with Crippen LogP contribution in [0.1, 0.15) is 61.6 Å². The van der Waals surface area contributed by atoms with Gasteiger partial charge < -0.3 is 14.3 Å². The van der Waals surface area contributed by atoms with Gasteiger partial charge in [-0.25, -0.2) is 0 Å². The van der Waals surface area contributed by atoms with E-state index >= 15 is 0 Å². The van der Waals surface area contributed by atoms with Crippen LogP contribution in [-0.2, 0) is 11.3 Å². The molecular formula is C27H33N3O3. The Kier molecular flexibility index (Phi) is 5.15. The predicted octanol–water partition coefficient (Wildman–Crippen LogP) is 5.21. The van der Waals surface area contributed by atoms with Crippen LogP contribution in [-0.4, -0.2) is 28.0 Å². The predicted molar refractivity (Wildman–Crippen MR) is 129 cm³/mol. The van der Waals surface area contributed by atoms with E-state index in [2.05, 4.69) is 25.2 Å². The lowest BCUT2D eigenvalue weighted by Crippen LogP contribution is -2.66. The highest BCUT2D eigenvalue weighted by Gasteiger charge is 2.50. The molecule has 1 aliphatic carbocycles. The first kappa shape index (κ1) is 21.8. The molecule has 0 spiro atoms. The maximum absolute atomic E-state index is 14.0. The number of hydrogen-bond acceptors (Lipinski definition) is 3. The number of fused-ring (bicyclic) bond motifs is 3. The van der Waals surface area contributed by atoms with Crippen LogP contribution in [0.2, 0.25) is 0 Å². The summed E-state index contributed by atoms with van der Waals surface area (Å²) in [5.41, 5.74) is 3.86. The minimum Gasteiger partial charge on any atom is -0.463 e. The second kappa shape index (κ2) is 7.79. The van der Waals surface area contributed by atoms with Crippen LogP contribution in [0.3, 0.4) is 0 Å². The largest absolute Gasteiger partial charge is 0.463 e. The smallest absolute Gasteiger partial charge is 0.276 e. The Hall–Kier alpha value is -3.02. The van der Waals surface area contributed by atoms with Crippen molar-refractivity contribution in [1.82, 2.24) is 9.88 Å². The van der Waals surface area contributed by atoms with Crippen LogP contribution in [0.4, 0.5) is 5.69 Å². The van der Waals surface area contributed by atoms with Gasteiger partial charge in [0.15, 0.2) is 5.58 Å². The molecule has 2 amide bonds. The zero-order valence-corrected chi connectivity index (χ0v) is 20.1. The number of furan rings is 1. The van der Waals surface area contributed by atoms with Crippen molar-refractivity contribution in [2.75, 3.05) is 4.90 Å². The number of carbonyl (C=O) groups is 2. The van der Waals surface area contributed by atoms with Crippen LogP contribution >= 0.6 is 0 Å². The van der Waals surface area contributed by atoms with Crippen molar-refractivity contribution in [3.05, 3.63) is 53.4 Å². The van der Waals surface area contributed by atoms with Gasteiger partial charge in [-0.15, -0.1) is 0 Å². The van der Waals surface area contributed by atoms with Crippen LogP contribution in [0.25, 0.3) is 11.1 Å². The number of benzene rings is 1. The second-order valence-electron chi connectivity index (χ2n) is 10.3. The lowest BCUT2D eigenvalue weighted by Gasteiger charge is -2.46. The molecule has 2 aromatic heterocycles. The van der Waals surface area contributed by atoms with Gasteiger partial charge in [0.1, 0.15) is 11.2 Å². The third-order valence-corrected chi connectivity index (χ3v) is 8.01. The second-order valence-corrected chi connectivity index (χ2v) is 10.3. The summed E-state index contributed by atoms with van der Waals surface area (Å²) in [5.74, 6) is 0.699. The van der Waals surface area contributed by atoms with Crippen LogP contribution in [0.5, 0.6) is 0 Å². The van der Waals surface area contributed by atoms with Gasteiger partial charge >= 0.3 is 0 Å². The van der Waals surface area contributed by atoms with Gasteiger partial charge in [-0.3, -0.25) is 14.5 Å². The fraction of sp³-hybridized carbons (Fsp3) is 0.481. The number of anilines is 1. The average Bonchev–Trinajstić information content (AvgIpc) is 3.35. The topological polar surface area (TPSA) is 67.5 Å². The van der Waals surface area contributed by atoms with Crippen molar-refractivity contribution in [3.8, 4) is 0 Å². The molecule has 0 bridgehead atoms. The molecule has 1 N–H and O–H groups in total. The Balaban J connectivity index is 1.60. The van der Waals surface area contributed by atoms with E-state index in [9.17, 15) is 9.59 Å². The van der Waals surface area contributed by atoms with Crippen LogP contribution in [0, 0.1) is 25.7 Å². The van der Waals surface area contributed by atoms with Crippen LogP contribution < -0.4 is 10.2 Å². The minimum absolute atomic E-state index is 0.0993. The van der Waals surface area contributed by atoms with E-state index in [4.69, 9.17) is 4.42 Å². The molecule has 1 aliphatic heterocycles. The van der Waals surface area contributed by atoms with Gasteiger partial charge in [0.05, 0.1) is 18.3 Å². The molecule has 1 fully saturated rings. The number of nitrogens with zero attached hydrogens (tertiary/aromatic N) is 2. The highest BCUT2D eigenvalue weighted by Crippen LogP contribution is 2.38. The van der Waals surface area contributed by atoms with Crippen molar-refractivity contribution in [2.45, 2.75) is 72.0 Å². The Bertz CT molecular complexity index is 1240. The first-order valence-corrected chi connectivity index (χ1v) is 12.0. The molecule has 3 aromatic rings. The summed E-state index contributed by atoms with van der Waals surface area (Å²) in [4.78, 5) is 29.7. The number of aryl methyl sites for hydroxylation is 2. The lowest BCUT2D eigenvalue weighted by atomic mass is 9.77. The molecule has 2 aliphatic rings. The molecule has 1 saturated carbocycles. The number of hydrogen-bond donors (Lipinski definition) is 1.